The van der Waals surface area contributed by atoms with Crippen molar-refractivity contribution in [1.82, 2.24) is 4.98 Å². The van der Waals surface area contributed by atoms with Crippen LogP contribution in [0.4, 0.5) is 0 Å². The zero-order chi connectivity index (χ0) is 13.1. The van der Waals surface area contributed by atoms with Crippen LogP contribution in [0.15, 0.2) is 28.9 Å². The van der Waals surface area contributed by atoms with E-state index in [0.29, 0.717) is 10.6 Å². The number of esters is 1. The maximum atomic E-state index is 11.7. The van der Waals surface area contributed by atoms with E-state index in [4.69, 9.17) is 4.74 Å². The minimum Gasteiger partial charge on any atom is -0.453 e. The molecule has 0 atom stereocenters. The molecule has 6 heteroatoms. The summed E-state index contributed by atoms with van der Waals surface area (Å²) in [6, 6.07) is 5.20. The summed E-state index contributed by atoms with van der Waals surface area (Å²) in [7, 11) is 0. The van der Waals surface area contributed by atoms with Gasteiger partial charge in [0.2, 0.25) is 5.78 Å². The number of aromatic amines is 1. The van der Waals surface area contributed by atoms with E-state index in [9.17, 15) is 9.59 Å². The van der Waals surface area contributed by atoms with Gasteiger partial charge in [-0.15, -0.1) is 11.3 Å². The molecule has 1 N–H and O–H groups in total. The molecule has 94 valence electrons. The van der Waals surface area contributed by atoms with Gasteiger partial charge in [0.15, 0.2) is 6.61 Å². The lowest BCUT2D eigenvalue weighted by Crippen LogP contribution is -2.13. The summed E-state index contributed by atoms with van der Waals surface area (Å²) in [5.41, 5.74) is 0.317. The molecule has 0 unspecified atom stereocenters. The third kappa shape index (κ3) is 3.08. The Morgan fingerprint density at radius 1 is 1.44 bits per heavy atom. The van der Waals surface area contributed by atoms with Crippen LogP contribution in [-0.2, 0) is 4.74 Å². The minimum absolute atomic E-state index is 0.188. The molecule has 4 nitrogen and oxygen atoms in total. The molecule has 0 aliphatic rings. The third-order valence-corrected chi connectivity index (χ3v) is 3.72. The molecular weight excluding hydrogens is 318 g/mol. The lowest BCUT2D eigenvalue weighted by atomic mass is 10.3. The van der Waals surface area contributed by atoms with E-state index in [1.165, 1.54) is 11.3 Å². The summed E-state index contributed by atoms with van der Waals surface area (Å²) in [5, 5.41) is 0. The Labute approximate surface area is 116 Å². The molecular formula is C12H10BrNO3S. The number of rotatable bonds is 4. The average molecular weight is 328 g/mol. The highest BCUT2D eigenvalue weighted by Crippen LogP contribution is 2.16. The first kappa shape index (κ1) is 13.0. The predicted octanol–water partition coefficient (Wildman–Crippen LogP) is 3.19. The van der Waals surface area contributed by atoms with Crippen LogP contribution >= 0.6 is 27.3 Å². The van der Waals surface area contributed by atoms with E-state index < -0.39 is 5.97 Å². The summed E-state index contributed by atoms with van der Waals surface area (Å²) in [4.78, 5) is 27.7. The van der Waals surface area contributed by atoms with E-state index in [1.807, 2.05) is 13.0 Å². The van der Waals surface area contributed by atoms with Gasteiger partial charge in [-0.3, -0.25) is 4.79 Å². The second-order valence-corrected chi connectivity index (χ2v) is 5.84. The fourth-order valence-corrected chi connectivity index (χ4v) is 2.49. The van der Waals surface area contributed by atoms with Crippen molar-refractivity contribution in [3.8, 4) is 0 Å². The Hall–Kier alpha value is -1.40. The number of aryl methyl sites for hydroxylation is 1. The van der Waals surface area contributed by atoms with Crippen molar-refractivity contribution in [2.45, 2.75) is 6.92 Å². The van der Waals surface area contributed by atoms with Gasteiger partial charge in [-0.1, -0.05) is 0 Å². The molecule has 0 radical (unpaired) electrons. The van der Waals surface area contributed by atoms with Gasteiger partial charge in [-0.25, -0.2) is 4.79 Å². The molecule has 0 saturated heterocycles. The van der Waals surface area contributed by atoms with Crippen molar-refractivity contribution in [3.63, 3.8) is 0 Å². The Balaban J connectivity index is 1.92. The lowest BCUT2D eigenvalue weighted by molar-refractivity contribution is 0.0470. The number of H-pyrrole nitrogens is 1. The number of hydrogen-bond donors (Lipinski definition) is 1. The van der Waals surface area contributed by atoms with Gasteiger partial charge in [0, 0.05) is 15.5 Å². The lowest BCUT2D eigenvalue weighted by Gasteiger charge is -2.01. The maximum absolute atomic E-state index is 11.7. The topological polar surface area (TPSA) is 59.2 Å². The summed E-state index contributed by atoms with van der Waals surface area (Å²) >= 11 is 4.61. The Morgan fingerprint density at radius 3 is 2.78 bits per heavy atom. The number of hydrogen-bond acceptors (Lipinski definition) is 4. The zero-order valence-corrected chi connectivity index (χ0v) is 11.9. The fourth-order valence-electron chi connectivity index (χ4n) is 1.35. The zero-order valence-electron chi connectivity index (χ0n) is 9.53. The number of nitrogens with one attached hydrogen (secondary N) is 1. The standard InChI is InChI=1S/C12H10BrNO3S/c1-7-2-3-11(18-7)10(15)6-17-12(16)9-4-8(13)5-14-9/h2-5,14H,6H2,1H3. The number of carbonyl (C=O) groups excluding carboxylic acids is 2. The first-order chi connectivity index (χ1) is 8.56. The van der Waals surface area contributed by atoms with Crippen LogP contribution in [0, 0.1) is 6.92 Å². The Kier molecular flexibility index (Phi) is 3.98. The number of ether oxygens (including phenoxy) is 1. The molecule has 0 bridgehead atoms. The van der Waals surface area contributed by atoms with E-state index in [2.05, 4.69) is 20.9 Å². The van der Waals surface area contributed by atoms with E-state index in [0.717, 1.165) is 9.35 Å². The largest absolute Gasteiger partial charge is 0.453 e. The van der Waals surface area contributed by atoms with Crippen LogP contribution in [-0.4, -0.2) is 23.3 Å². The average Bonchev–Trinajstić information content (AvgIpc) is 2.94. The van der Waals surface area contributed by atoms with Crippen molar-refractivity contribution >= 4 is 39.0 Å². The first-order valence-corrected chi connectivity index (χ1v) is 6.78. The molecule has 2 rings (SSSR count). The van der Waals surface area contributed by atoms with Gasteiger partial charge in [0.1, 0.15) is 5.69 Å². The molecule has 0 aliphatic heterocycles. The van der Waals surface area contributed by atoms with Crippen LogP contribution in [0.5, 0.6) is 0 Å². The second kappa shape index (κ2) is 5.49. The number of carbonyl (C=O) groups is 2. The summed E-state index contributed by atoms with van der Waals surface area (Å²) in [5.74, 6) is -0.727. The normalized spacial score (nSPS) is 10.3. The quantitative estimate of drug-likeness (QED) is 0.693. The fraction of sp³-hybridized carbons (Fsp3) is 0.167. The van der Waals surface area contributed by atoms with Crippen LogP contribution < -0.4 is 0 Å². The number of aromatic nitrogens is 1. The van der Waals surface area contributed by atoms with Crippen molar-refractivity contribution in [2.24, 2.45) is 0 Å². The highest BCUT2D eigenvalue weighted by molar-refractivity contribution is 9.10. The summed E-state index contributed by atoms with van der Waals surface area (Å²) in [6.07, 6.45) is 1.63. The minimum atomic E-state index is -0.540. The molecule has 0 spiro atoms. The second-order valence-electron chi connectivity index (χ2n) is 3.64. The number of halogens is 1. The molecule has 0 fully saturated rings. The highest BCUT2D eigenvalue weighted by atomic mass is 79.9. The molecule has 2 aromatic heterocycles. The summed E-state index contributed by atoms with van der Waals surface area (Å²) < 4.78 is 5.69. The molecule has 0 saturated carbocycles. The highest BCUT2D eigenvalue weighted by Gasteiger charge is 2.14. The van der Waals surface area contributed by atoms with Gasteiger partial charge in [0.25, 0.3) is 0 Å². The number of thiophene rings is 1. The monoisotopic (exact) mass is 327 g/mol. The van der Waals surface area contributed by atoms with E-state index in [-0.39, 0.29) is 12.4 Å². The first-order valence-electron chi connectivity index (χ1n) is 5.17. The van der Waals surface area contributed by atoms with Crippen molar-refractivity contribution < 1.29 is 14.3 Å². The van der Waals surface area contributed by atoms with Gasteiger partial charge >= 0.3 is 5.97 Å². The Morgan fingerprint density at radius 2 is 2.22 bits per heavy atom. The van der Waals surface area contributed by atoms with Gasteiger partial charge < -0.3 is 9.72 Å². The van der Waals surface area contributed by atoms with E-state index >= 15 is 0 Å². The molecule has 18 heavy (non-hydrogen) atoms. The van der Waals surface area contributed by atoms with Gasteiger partial charge in [-0.05, 0) is 41.1 Å². The third-order valence-electron chi connectivity index (χ3n) is 2.22. The Bertz CT molecular complexity index is 535. The van der Waals surface area contributed by atoms with Crippen molar-refractivity contribution in [3.05, 3.63) is 44.3 Å². The van der Waals surface area contributed by atoms with E-state index in [1.54, 1.807) is 18.3 Å². The molecule has 0 aromatic carbocycles. The number of Topliss-reactive ketones (excluding diaryl/α,β-unsaturated/α-hetero) is 1. The molecule has 0 aliphatic carbocycles. The molecule has 2 heterocycles. The van der Waals surface area contributed by atoms with Crippen LogP contribution in [0.25, 0.3) is 0 Å². The maximum Gasteiger partial charge on any atom is 0.355 e. The van der Waals surface area contributed by atoms with Crippen molar-refractivity contribution in [2.75, 3.05) is 6.61 Å². The van der Waals surface area contributed by atoms with Gasteiger partial charge in [0.05, 0.1) is 4.88 Å². The number of ketones is 1. The van der Waals surface area contributed by atoms with Crippen LogP contribution in [0.1, 0.15) is 25.0 Å². The van der Waals surface area contributed by atoms with Crippen LogP contribution in [0.3, 0.4) is 0 Å². The van der Waals surface area contributed by atoms with Crippen LogP contribution in [0.2, 0.25) is 0 Å². The SMILES string of the molecule is Cc1ccc(C(=O)COC(=O)c2cc(Br)c[nH]2)s1. The predicted molar refractivity (Wildman–Crippen MR) is 72.2 cm³/mol. The van der Waals surface area contributed by atoms with Gasteiger partial charge in [-0.2, -0.15) is 0 Å². The van der Waals surface area contributed by atoms with Crippen molar-refractivity contribution in [1.29, 1.82) is 0 Å². The summed E-state index contributed by atoms with van der Waals surface area (Å²) in [6.45, 7) is 1.68. The smallest absolute Gasteiger partial charge is 0.355 e. The molecule has 0 amide bonds. The molecule has 2 aromatic rings.